The second kappa shape index (κ2) is 9.97. The Bertz CT molecular complexity index is 1270. The van der Waals surface area contributed by atoms with Crippen LogP contribution >= 0.6 is 23.4 Å². The molecule has 2 aromatic heterocycles. The van der Waals surface area contributed by atoms with E-state index in [1.54, 1.807) is 41.6 Å². The van der Waals surface area contributed by atoms with Crippen molar-refractivity contribution in [2.75, 3.05) is 11.2 Å². The number of aromatic hydroxyl groups is 1. The van der Waals surface area contributed by atoms with Crippen LogP contribution in [0.25, 0.3) is 11.2 Å². The molecule has 0 aliphatic carbocycles. The van der Waals surface area contributed by atoms with Crippen molar-refractivity contribution in [2.24, 2.45) is 5.10 Å². The summed E-state index contributed by atoms with van der Waals surface area (Å²) < 4.78 is 1.71. The molecule has 2 N–H and O–H groups in total. The monoisotopic (exact) mass is 467 g/mol. The highest BCUT2D eigenvalue weighted by molar-refractivity contribution is 7.99. The molecule has 10 heteroatoms. The van der Waals surface area contributed by atoms with Gasteiger partial charge in [-0.15, -0.1) is 5.10 Å². The lowest BCUT2D eigenvalue weighted by molar-refractivity contribution is 0.474. The van der Waals surface area contributed by atoms with E-state index in [2.05, 4.69) is 37.7 Å². The Morgan fingerprint density at radius 3 is 2.72 bits per heavy atom. The van der Waals surface area contributed by atoms with E-state index in [9.17, 15) is 5.11 Å². The average Bonchev–Trinajstić information content (AvgIpc) is 3.20. The Kier molecular flexibility index (Phi) is 6.87. The van der Waals surface area contributed by atoms with E-state index in [1.807, 2.05) is 30.3 Å². The highest BCUT2D eigenvalue weighted by Crippen LogP contribution is 2.25. The summed E-state index contributed by atoms with van der Waals surface area (Å²) in [6, 6.07) is 14.6. The third kappa shape index (κ3) is 4.84. The third-order valence-corrected chi connectivity index (χ3v) is 6.10. The fraction of sp³-hybridized carbons (Fsp3) is 0.227. The van der Waals surface area contributed by atoms with Gasteiger partial charge in [-0.25, -0.2) is 14.6 Å². The van der Waals surface area contributed by atoms with Crippen molar-refractivity contribution < 1.29 is 5.11 Å². The molecule has 4 aromatic rings. The molecule has 164 valence electrons. The van der Waals surface area contributed by atoms with Crippen molar-refractivity contribution in [2.45, 2.75) is 32.0 Å². The zero-order valence-electron chi connectivity index (χ0n) is 17.7. The number of hydrogen-bond acceptors (Lipinski definition) is 8. The maximum absolute atomic E-state index is 10.1. The van der Waals surface area contributed by atoms with Gasteiger partial charge in [0, 0.05) is 16.3 Å². The number of hydrazone groups is 1. The van der Waals surface area contributed by atoms with Gasteiger partial charge in [-0.1, -0.05) is 65.8 Å². The van der Waals surface area contributed by atoms with E-state index in [0.29, 0.717) is 45.0 Å². The number of phenols is 1. The molecule has 0 saturated carbocycles. The summed E-state index contributed by atoms with van der Waals surface area (Å²) in [5.74, 6) is 1.50. The van der Waals surface area contributed by atoms with Crippen molar-refractivity contribution in [3.8, 4) is 5.75 Å². The summed E-state index contributed by atoms with van der Waals surface area (Å²) in [6.45, 7) is 4.35. The molecule has 0 saturated heterocycles. The molecule has 4 rings (SSSR count). The zero-order valence-corrected chi connectivity index (χ0v) is 19.2. The molecule has 0 amide bonds. The highest BCUT2D eigenvalue weighted by atomic mass is 35.5. The van der Waals surface area contributed by atoms with Gasteiger partial charge in [0.05, 0.1) is 12.3 Å². The fourth-order valence-corrected chi connectivity index (χ4v) is 3.93. The molecule has 0 aliphatic rings. The van der Waals surface area contributed by atoms with Crippen LogP contribution in [0.15, 0.2) is 58.8 Å². The molecule has 2 heterocycles. The van der Waals surface area contributed by atoms with Crippen LogP contribution in [0.1, 0.15) is 31.4 Å². The summed E-state index contributed by atoms with van der Waals surface area (Å²) in [4.78, 5) is 9.27. The number of rotatable bonds is 8. The Morgan fingerprint density at radius 2 is 1.94 bits per heavy atom. The van der Waals surface area contributed by atoms with Gasteiger partial charge in [0.1, 0.15) is 5.75 Å². The molecule has 2 aromatic carbocycles. The van der Waals surface area contributed by atoms with Crippen molar-refractivity contribution in [1.29, 1.82) is 0 Å². The SMILES string of the molecule is CCCSc1nc(N/N=C(\C)c2ccccc2O)c2nnn(Cc3ccccc3Cl)c2n1. The minimum Gasteiger partial charge on any atom is -0.507 e. The number of aromatic nitrogens is 5. The zero-order chi connectivity index (χ0) is 22.5. The molecule has 8 nitrogen and oxygen atoms in total. The Labute approximate surface area is 194 Å². The van der Waals surface area contributed by atoms with Gasteiger partial charge in [-0.05, 0) is 37.1 Å². The number of phenolic OH excluding ortho intramolecular Hbond substituents is 1. The van der Waals surface area contributed by atoms with Gasteiger partial charge < -0.3 is 5.11 Å². The molecule has 0 atom stereocenters. The van der Waals surface area contributed by atoms with E-state index in [4.69, 9.17) is 11.6 Å². The molecule has 0 aliphatic heterocycles. The number of halogens is 1. The quantitative estimate of drug-likeness (QED) is 0.163. The number of anilines is 1. The van der Waals surface area contributed by atoms with E-state index in [0.717, 1.165) is 17.7 Å². The van der Waals surface area contributed by atoms with Crippen LogP contribution < -0.4 is 5.43 Å². The number of thioether (sulfide) groups is 1. The van der Waals surface area contributed by atoms with Gasteiger partial charge >= 0.3 is 0 Å². The van der Waals surface area contributed by atoms with E-state index in [1.165, 1.54) is 0 Å². The van der Waals surface area contributed by atoms with E-state index >= 15 is 0 Å². The predicted octanol–water partition coefficient (Wildman–Crippen LogP) is 4.97. The minimum absolute atomic E-state index is 0.160. The average molecular weight is 468 g/mol. The smallest absolute Gasteiger partial charge is 0.191 e. The van der Waals surface area contributed by atoms with E-state index < -0.39 is 0 Å². The van der Waals surface area contributed by atoms with Crippen molar-refractivity contribution in [1.82, 2.24) is 25.0 Å². The third-order valence-electron chi connectivity index (χ3n) is 4.68. The number of nitrogens with zero attached hydrogens (tertiary/aromatic N) is 6. The standard InChI is InChI=1S/C22H22ClN7OS/c1-3-12-32-22-24-20(28-26-14(2)16-9-5-7-11-18(16)31)19-21(25-22)30(29-27-19)13-15-8-4-6-10-17(15)23/h4-11,31H,3,12-13H2,1-2H3,(H,24,25,28)/b26-14+. The first-order valence-corrected chi connectivity index (χ1v) is 11.5. The molecule has 0 radical (unpaired) electrons. The lowest BCUT2D eigenvalue weighted by atomic mass is 10.1. The number of nitrogens with one attached hydrogen (secondary N) is 1. The lowest BCUT2D eigenvalue weighted by Gasteiger charge is -2.08. The number of para-hydroxylation sites is 1. The molecule has 0 unspecified atom stereocenters. The first kappa shape index (κ1) is 22.0. The fourth-order valence-electron chi connectivity index (χ4n) is 3.04. The number of fused-ring (bicyclic) bond motifs is 1. The van der Waals surface area contributed by atoms with Gasteiger partial charge in [-0.2, -0.15) is 5.10 Å². The van der Waals surface area contributed by atoms with Crippen LogP contribution in [0.5, 0.6) is 5.75 Å². The first-order valence-electron chi connectivity index (χ1n) is 10.1. The summed E-state index contributed by atoms with van der Waals surface area (Å²) >= 11 is 7.89. The van der Waals surface area contributed by atoms with Crippen LogP contribution in [0.2, 0.25) is 5.02 Å². The largest absolute Gasteiger partial charge is 0.507 e. The minimum atomic E-state index is 0.160. The van der Waals surface area contributed by atoms with Gasteiger partial charge in [0.25, 0.3) is 0 Å². The van der Waals surface area contributed by atoms with Crippen LogP contribution in [0.4, 0.5) is 5.82 Å². The Morgan fingerprint density at radius 1 is 1.16 bits per heavy atom. The predicted molar refractivity (Wildman–Crippen MR) is 129 cm³/mol. The van der Waals surface area contributed by atoms with Crippen LogP contribution in [-0.4, -0.2) is 41.5 Å². The number of benzene rings is 2. The van der Waals surface area contributed by atoms with Gasteiger partial charge in [-0.3, -0.25) is 5.43 Å². The maximum Gasteiger partial charge on any atom is 0.191 e. The van der Waals surface area contributed by atoms with Gasteiger partial charge in [0.15, 0.2) is 22.1 Å². The number of hydrogen-bond donors (Lipinski definition) is 2. The van der Waals surface area contributed by atoms with Crippen molar-refractivity contribution in [3.63, 3.8) is 0 Å². The van der Waals surface area contributed by atoms with Crippen molar-refractivity contribution >= 4 is 46.1 Å². The lowest BCUT2D eigenvalue weighted by Crippen LogP contribution is -2.06. The van der Waals surface area contributed by atoms with Crippen molar-refractivity contribution in [3.05, 3.63) is 64.7 Å². The Balaban J connectivity index is 1.71. The van der Waals surface area contributed by atoms with Crippen LogP contribution in [-0.2, 0) is 6.54 Å². The molecule has 0 fully saturated rings. The molecular formula is C22H22ClN7OS. The van der Waals surface area contributed by atoms with Crippen LogP contribution in [0.3, 0.4) is 0 Å². The summed E-state index contributed by atoms with van der Waals surface area (Å²) in [6.07, 6.45) is 0.997. The molecule has 0 bridgehead atoms. The van der Waals surface area contributed by atoms with Gasteiger partial charge in [0.2, 0.25) is 0 Å². The summed E-state index contributed by atoms with van der Waals surface area (Å²) in [7, 11) is 0. The normalized spacial score (nSPS) is 11.8. The second-order valence-electron chi connectivity index (χ2n) is 7.04. The second-order valence-corrected chi connectivity index (χ2v) is 8.51. The van der Waals surface area contributed by atoms with Crippen LogP contribution in [0, 0.1) is 0 Å². The molecular weight excluding hydrogens is 446 g/mol. The molecule has 0 spiro atoms. The highest BCUT2D eigenvalue weighted by Gasteiger charge is 2.16. The Hall–Kier alpha value is -3.17. The summed E-state index contributed by atoms with van der Waals surface area (Å²) in [5, 5.41) is 24.3. The first-order chi connectivity index (χ1) is 15.6. The molecule has 32 heavy (non-hydrogen) atoms. The maximum atomic E-state index is 10.1. The summed E-state index contributed by atoms with van der Waals surface area (Å²) in [5.41, 5.74) is 6.26. The topological polar surface area (TPSA) is 101 Å². The van der Waals surface area contributed by atoms with E-state index in [-0.39, 0.29) is 5.75 Å².